The maximum Gasteiger partial charge on any atom is 0.263 e. The van der Waals surface area contributed by atoms with Gasteiger partial charge in [-0.1, -0.05) is 6.07 Å². The second-order valence-corrected chi connectivity index (χ2v) is 6.35. The number of hydrogen-bond donors (Lipinski definition) is 2. The van der Waals surface area contributed by atoms with Crippen LogP contribution in [0.25, 0.3) is 0 Å². The summed E-state index contributed by atoms with van der Waals surface area (Å²) in [5.41, 5.74) is 2.51. The van der Waals surface area contributed by atoms with Gasteiger partial charge in [-0.2, -0.15) is 0 Å². The Balaban J connectivity index is 2.40. The van der Waals surface area contributed by atoms with Crippen LogP contribution in [-0.4, -0.2) is 18.5 Å². The minimum atomic E-state index is -3.76. The largest absolute Gasteiger partial charge is 0.504 e. The molecule has 0 aliphatic carbocycles. The summed E-state index contributed by atoms with van der Waals surface area (Å²) in [6, 6.07) is 7.86. The summed E-state index contributed by atoms with van der Waals surface area (Å²) in [7, 11) is -3.76. The third-order valence-corrected chi connectivity index (χ3v) is 4.37. The second-order valence-electron chi connectivity index (χ2n) is 4.67. The molecule has 2 rings (SSSR count). The van der Waals surface area contributed by atoms with Crippen LogP contribution in [0.1, 0.15) is 16.8 Å². The van der Waals surface area contributed by atoms with E-state index in [9.17, 15) is 13.5 Å². The van der Waals surface area contributed by atoms with E-state index in [2.05, 4.69) is 9.71 Å². The molecule has 1 aromatic heterocycles. The van der Waals surface area contributed by atoms with Crippen molar-refractivity contribution < 1.29 is 13.5 Å². The third-order valence-electron chi connectivity index (χ3n) is 3.03. The lowest BCUT2D eigenvalue weighted by atomic mass is 10.1. The van der Waals surface area contributed by atoms with Gasteiger partial charge < -0.3 is 5.11 Å². The van der Waals surface area contributed by atoms with Gasteiger partial charge in [0.25, 0.3) is 10.0 Å². The summed E-state index contributed by atoms with van der Waals surface area (Å²) < 4.78 is 26.8. The van der Waals surface area contributed by atoms with Crippen molar-refractivity contribution in [2.45, 2.75) is 25.7 Å². The molecule has 0 fully saturated rings. The van der Waals surface area contributed by atoms with E-state index in [0.29, 0.717) is 5.69 Å². The van der Waals surface area contributed by atoms with Gasteiger partial charge in [0.2, 0.25) is 0 Å². The zero-order valence-electron chi connectivity index (χ0n) is 11.5. The van der Waals surface area contributed by atoms with Crippen LogP contribution in [0.2, 0.25) is 0 Å². The van der Waals surface area contributed by atoms with Gasteiger partial charge in [0.15, 0.2) is 11.6 Å². The molecule has 106 valence electrons. The Hall–Kier alpha value is -2.08. The first kappa shape index (κ1) is 14.3. The predicted octanol–water partition coefficient (Wildman–Crippen LogP) is 2.51. The summed E-state index contributed by atoms with van der Waals surface area (Å²) >= 11 is 0. The molecule has 0 atom stereocenters. The number of aromatic hydroxyl groups is 1. The Morgan fingerprint density at radius 1 is 1.05 bits per heavy atom. The molecule has 20 heavy (non-hydrogen) atoms. The molecular weight excluding hydrogens is 276 g/mol. The monoisotopic (exact) mass is 292 g/mol. The number of sulfonamides is 1. The molecule has 6 heteroatoms. The fourth-order valence-electron chi connectivity index (χ4n) is 1.69. The van der Waals surface area contributed by atoms with Crippen LogP contribution in [-0.2, 0) is 10.0 Å². The van der Waals surface area contributed by atoms with Crippen molar-refractivity contribution in [2.24, 2.45) is 0 Å². The van der Waals surface area contributed by atoms with Gasteiger partial charge in [-0.25, -0.2) is 13.4 Å². The van der Waals surface area contributed by atoms with Gasteiger partial charge in [0.05, 0.1) is 4.90 Å². The first-order valence-corrected chi connectivity index (χ1v) is 7.54. The lowest BCUT2D eigenvalue weighted by molar-refractivity contribution is 0.475. The number of nitrogens with one attached hydrogen (secondary N) is 1. The molecule has 0 saturated carbocycles. The number of rotatable bonds is 3. The zero-order valence-corrected chi connectivity index (χ0v) is 12.3. The molecule has 1 heterocycles. The van der Waals surface area contributed by atoms with Crippen LogP contribution in [0.5, 0.6) is 5.75 Å². The summed E-state index contributed by atoms with van der Waals surface area (Å²) in [6.45, 7) is 5.47. The van der Waals surface area contributed by atoms with E-state index in [-0.39, 0.29) is 16.5 Å². The average Bonchev–Trinajstić information content (AvgIpc) is 2.36. The van der Waals surface area contributed by atoms with Crippen molar-refractivity contribution in [1.29, 1.82) is 0 Å². The van der Waals surface area contributed by atoms with Crippen LogP contribution in [0, 0.1) is 20.8 Å². The van der Waals surface area contributed by atoms with Crippen molar-refractivity contribution >= 4 is 15.8 Å². The quantitative estimate of drug-likeness (QED) is 0.911. The minimum Gasteiger partial charge on any atom is -0.504 e. The van der Waals surface area contributed by atoms with E-state index >= 15 is 0 Å². The summed E-state index contributed by atoms with van der Waals surface area (Å²) in [5.74, 6) is -0.272. The average molecular weight is 292 g/mol. The lowest BCUT2D eigenvalue weighted by Gasteiger charge is -2.10. The van der Waals surface area contributed by atoms with Gasteiger partial charge in [-0.15, -0.1) is 0 Å². The Morgan fingerprint density at radius 3 is 2.40 bits per heavy atom. The van der Waals surface area contributed by atoms with Crippen LogP contribution in [0.3, 0.4) is 0 Å². The lowest BCUT2D eigenvalue weighted by Crippen LogP contribution is -2.14. The first-order valence-electron chi connectivity index (χ1n) is 6.06. The van der Waals surface area contributed by atoms with Crippen molar-refractivity contribution in [3.05, 3.63) is 47.2 Å². The Morgan fingerprint density at radius 2 is 1.75 bits per heavy atom. The molecule has 1 aromatic carbocycles. The number of anilines is 1. The van der Waals surface area contributed by atoms with Crippen LogP contribution >= 0.6 is 0 Å². The molecular formula is C14H16N2O3S. The van der Waals surface area contributed by atoms with Gasteiger partial charge in [0, 0.05) is 5.69 Å². The second kappa shape index (κ2) is 5.13. The normalized spacial score (nSPS) is 11.3. The van der Waals surface area contributed by atoms with E-state index in [4.69, 9.17) is 0 Å². The predicted molar refractivity (Wildman–Crippen MR) is 77.4 cm³/mol. The van der Waals surface area contributed by atoms with Gasteiger partial charge in [-0.05, 0) is 56.2 Å². The Bertz CT molecular complexity index is 755. The Kier molecular flexibility index (Phi) is 3.67. The SMILES string of the molecule is Cc1ccc(O)c(NS(=O)(=O)c2ccc(C)c(C)c2)n1. The minimum absolute atomic E-state index is 0.0665. The van der Waals surface area contributed by atoms with Crippen molar-refractivity contribution in [3.8, 4) is 5.75 Å². The van der Waals surface area contributed by atoms with E-state index in [1.807, 2.05) is 13.8 Å². The highest BCUT2D eigenvalue weighted by Gasteiger charge is 2.17. The molecule has 2 aromatic rings. The number of aromatic nitrogens is 1. The molecule has 5 nitrogen and oxygen atoms in total. The third kappa shape index (κ3) is 2.91. The van der Waals surface area contributed by atoms with Crippen LogP contribution < -0.4 is 4.72 Å². The Labute approximate surface area is 118 Å². The first-order chi connectivity index (χ1) is 9.29. The number of nitrogens with zero attached hydrogens (tertiary/aromatic N) is 1. The molecule has 0 aliphatic rings. The topological polar surface area (TPSA) is 79.3 Å². The number of hydrogen-bond acceptors (Lipinski definition) is 4. The fraction of sp³-hybridized carbons (Fsp3) is 0.214. The maximum atomic E-state index is 12.3. The number of pyridine rings is 1. The molecule has 0 aliphatic heterocycles. The summed E-state index contributed by atoms with van der Waals surface area (Å²) in [5, 5.41) is 9.65. The molecule has 0 amide bonds. The summed E-state index contributed by atoms with van der Waals surface area (Å²) in [6.07, 6.45) is 0. The highest BCUT2D eigenvalue weighted by Crippen LogP contribution is 2.24. The standard InChI is InChI=1S/C14H16N2O3S/c1-9-4-6-12(8-10(9)2)20(18,19)16-14-13(17)7-5-11(3)15-14/h4-8,17H,1-3H3,(H,15,16). The van der Waals surface area contributed by atoms with Crippen molar-refractivity contribution in [2.75, 3.05) is 4.72 Å². The molecule has 0 unspecified atom stereocenters. The van der Waals surface area contributed by atoms with E-state index < -0.39 is 10.0 Å². The van der Waals surface area contributed by atoms with Crippen molar-refractivity contribution in [3.63, 3.8) is 0 Å². The van der Waals surface area contributed by atoms with E-state index in [1.165, 1.54) is 12.1 Å². The van der Waals surface area contributed by atoms with Crippen molar-refractivity contribution in [1.82, 2.24) is 4.98 Å². The van der Waals surface area contributed by atoms with Gasteiger partial charge in [0.1, 0.15) is 0 Å². The van der Waals surface area contributed by atoms with Crippen LogP contribution in [0.4, 0.5) is 5.82 Å². The maximum absolute atomic E-state index is 12.3. The summed E-state index contributed by atoms with van der Waals surface area (Å²) in [4.78, 5) is 4.13. The number of benzene rings is 1. The smallest absolute Gasteiger partial charge is 0.263 e. The number of aryl methyl sites for hydroxylation is 3. The molecule has 0 radical (unpaired) electrons. The fourth-order valence-corrected chi connectivity index (χ4v) is 2.79. The zero-order chi connectivity index (χ0) is 14.9. The van der Waals surface area contributed by atoms with Gasteiger partial charge >= 0.3 is 0 Å². The van der Waals surface area contributed by atoms with Gasteiger partial charge in [-0.3, -0.25) is 4.72 Å². The van der Waals surface area contributed by atoms with E-state index in [1.54, 1.807) is 25.1 Å². The molecule has 0 saturated heterocycles. The molecule has 0 bridgehead atoms. The molecule has 0 spiro atoms. The van der Waals surface area contributed by atoms with Crippen LogP contribution in [0.15, 0.2) is 35.2 Å². The highest BCUT2D eigenvalue weighted by molar-refractivity contribution is 7.92. The molecule has 2 N–H and O–H groups in total. The highest BCUT2D eigenvalue weighted by atomic mass is 32.2. The van der Waals surface area contributed by atoms with E-state index in [0.717, 1.165) is 11.1 Å².